The number of piperidine rings is 1. The van der Waals surface area contributed by atoms with E-state index < -0.39 is 6.09 Å². The molecule has 1 saturated heterocycles. The fraction of sp³-hybridized carbons (Fsp3) is 0.500. The maximum absolute atomic E-state index is 13.1. The van der Waals surface area contributed by atoms with Crippen molar-refractivity contribution in [2.45, 2.75) is 39.7 Å². The number of hydrogen-bond acceptors (Lipinski definition) is 5. The number of thiazole rings is 1. The number of rotatable bonds is 4. The van der Waals surface area contributed by atoms with Gasteiger partial charge in [-0.15, -0.1) is 11.3 Å². The number of carbonyl (C=O) groups is 2. The molecule has 0 radical (unpaired) electrons. The number of nitrogens with one attached hydrogen (secondary N) is 1. The normalized spacial score (nSPS) is 17.2. The van der Waals surface area contributed by atoms with Crippen LogP contribution in [-0.4, -0.2) is 52.2 Å². The average Bonchev–Trinajstić information content (AvgIpc) is 3.22. The van der Waals surface area contributed by atoms with E-state index in [1.807, 2.05) is 34.8 Å². The van der Waals surface area contributed by atoms with Gasteiger partial charge in [0.05, 0.1) is 12.2 Å². The minimum Gasteiger partial charge on any atom is -0.450 e. The van der Waals surface area contributed by atoms with E-state index in [4.69, 9.17) is 4.74 Å². The molecule has 2 aromatic rings. The Labute approximate surface area is 157 Å². The first-order chi connectivity index (χ1) is 12.5. The molecule has 1 aliphatic rings. The van der Waals surface area contributed by atoms with E-state index in [1.54, 1.807) is 24.5 Å². The molecule has 3 heterocycles. The van der Waals surface area contributed by atoms with Crippen LogP contribution in [0.3, 0.4) is 0 Å². The van der Waals surface area contributed by atoms with Gasteiger partial charge in [-0.1, -0.05) is 0 Å². The van der Waals surface area contributed by atoms with E-state index in [0.29, 0.717) is 25.3 Å². The number of nitrogens with zero attached hydrogens (tertiary/aromatic N) is 3. The maximum atomic E-state index is 13.1. The van der Waals surface area contributed by atoms with Crippen molar-refractivity contribution in [3.63, 3.8) is 0 Å². The van der Waals surface area contributed by atoms with Crippen molar-refractivity contribution in [2.75, 3.05) is 19.7 Å². The van der Waals surface area contributed by atoms with E-state index in [-0.39, 0.29) is 11.9 Å². The molecule has 1 aliphatic heterocycles. The van der Waals surface area contributed by atoms with Crippen LogP contribution in [0, 0.1) is 13.8 Å². The zero-order valence-corrected chi connectivity index (χ0v) is 16.1. The van der Waals surface area contributed by atoms with Gasteiger partial charge in [-0.3, -0.25) is 9.36 Å². The molecule has 0 saturated carbocycles. The fourth-order valence-corrected chi connectivity index (χ4v) is 4.14. The molecule has 7 nitrogen and oxygen atoms in total. The Morgan fingerprint density at radius 1 is 1.42 bits per heavy atom. The maximum Gasteiger partial charge on any atom is 0.407 e. The van der Waals surface area contributed by atoms with Crippen LogP contribution in [0.1, 0.15) is 41.5 Å². The van der Waals surface area contributed by atoms with Crippen molar-refractivity contribution in [1.82, 2.24) is 19.8 Å². The third-order valence-corrected chi connectivity index (χ3v) is 5.33. The summed E-state index contributed by atoms with van der Waals surface area (Å²) in [6, 6.07) is 1.84. The van der Waals surface area contributed by atoms with Crippen LogP contribution in [0.4, 0.5) is 4.79 Å². The number of alkyl carbamates (subject to hydrolysis) is 1. The van der Waals surface area contributed by atoms with Gasteiger partial charge in [0.1, 0.15) is 0 Å². The van der Waals surface area contributed by atoms with Crippen LogP contribution in [0.15, 0.2) is 17.6 Å². The lowest BCUT2D eigenvalue weighted by Crippen LogP contribution is -2.49. The van der Waals surface area contributed by atoms with E-state index in [0.717, 1.165) is 29.4 Å². The molecule has 0 bridgehead atoms. The molecule has 1 unspecified atom stereocenters. The van der Waals surface area contributed by atoms with Crippen LogP contribution in [-0.2, 0) is 4.74 Å². The van der Waals surface area contributed by atoms with Gasteiger partial charge in [0, 0.05) is 42.1 Å². The predicted octanol–water partition coefficient (Wildman–Crippen LogP) is 2.90. The first-order valence-electron chi connectivity index (χ1n) is 8.82. The Hall–Kier alpha value is -2.35. The topological polar surface area (TPSA) is 76.5 Å². The fourth-order valence-electron chi connectivity index (χ4n) is 3.39. The minimum absolute atomic E-state index is 0.00346. The lowest BCUT2D eigenvalue weighted by Gasteiger charge is -2.33. The largest absolute Gasteiger partial charge is 0.450 e. The monoisotopic (exact) mass is 376 g/mol. The number of carbonyl (C=O) groups excluding carboxylic acids is 2. The van der Waals surface area contributed by atoms with Gasteiger partial charge in [-0.25, -0.2) is 9.78 Å². The van der Waals surface area contributed by atoms with E-state index >= 15 is 0 Å². The molecule has 140 valence electrons. The summed E-state index contributed by atoms with van der Waals surface area (Å²) in [5.41, 5.74) is 2.57. The second-order valence-corrected chi connectivity index (χ2v) is 7.26. The van der Waals surface area contributed by atoms with Gasteiger partial charge < -0.3 is 15.0 Å². The summed E-state index contributed by atoms with van der Waals surface area (Å²) >= 11 is 1.54. The van der Waals surface area contributed by atoms with Crippen molar-refractivity contribution >= 4 is 23.3 Å². The number of aryl methyl sites for hydroxylation is 1. The van der Waals surface area contributed by atoms with Gasteiger partial charge in [-0.05, 0) is 39.7 Å². The molecular formula is C18H24N4O3S. The number of hydrogen-bond donors (Lipinski definition) is 1. The summed E-state index contributed by atoms with van der Waals surface area (Å²) in [5.74, 6) is -0.00346. The molecule has 1 N–H and O–H groups in total. The highest BCUT2D eigenvalue weighted by molar-refractivity contribution is 7.12. The standard InChI is InChI=1S/C18H24N4O3S/c1-4-25-18(24)20-14-6-5-8-21(11-14)16(23)15-10-12(2)22(13(15)3)17-19-7-9-26-17/h7,9-10,14H,4-6,8,11H2,1-3H3,(H,20,24). The average molecular weight is 376 g/mol. The van der Waals surface area contributed by atoms with Gasteiger partial charge in [-0.2, -0.15) is 0 Å². The van der Waals surface area contributed by atoms with Crippen molar-refractivity contribution in [3.8, 4) is 5.13 Å². The van der Waals surface area contributed by atoms with Crippen LogP contribution in [0.5, 0.6) is 0 Å². The van der Waals surface area contributed by atoms with Gasteiger partial charge >= 0.3 is 6.09 Å². The van der Waals surface area contributed by atoms with Crippen LogP contribution < -0.4 is 5.32 Å². The molecule has 0 aliphatic carbocycles. The number of aromatic nitrogens is 2. The molecule has 0 aromatic carbocycles. The second kappa shape index (κ2) is 7.90. The summed E-state index contributed by atoms with van der Waals surface area (Å²) < 4.78 is 6.95. The zero-order valence-electron chi connectivity index (χ0n) is 15.3. The molecule has 1 fully saturated rings. The van der Waals surface area contributed by atoms with Gasteiger partial charge in [0.25, 0.3) is 5.91 Å². The Bertz CT molecular complexity index is 785. The summed E-state index contributed by atoms with van der Waals surface area (Å²) in [4.78, 5) is 30.9. The van der Waals surface area contributed by atoms with Crippen molar-refractivity contribution in [1.29, 1.82) is 0 Å². The Balaban J connectivity index is 1.75. The number of amides is 2. The quantitative estimate of drug-likeness (QED) is 0.890. The first-order valence-corrected chi connectivity index (χ1v) is 9.70. The molecule has 26 heavy (non-hydrogen) atoms. The van der Waals surface area contributed by atoms with Crippen molar-refractivity contribution in [2.24, 2.45) is 0 Å². The smallest absolute Gasteiger partial charge is 0.407 e. The highest BCUT2D eigenvalue weighted by Gasteiger charge is 2.28. The molecule has 8 heteroatoms. The van der Waals surface area contributed by atoms with Gasteiger partial charge in [0.15, 0.2) is 5.13 Å². The Morgan fingerprint density at radius 2 is 2.23 bits per heavy atom. The first kappa shape index (κ1) is 18.4. The molecule has 3 rings (SSSR count). The second-order valence-electron chi connectivity index (χ2n) is 6.39. The zero-order chi connectivity index (χ0) is 18.7. The van der Waals surface area contributed by atoms with Crippen LogP contribution >= 0.6 is 11.3 Å². The van der Waals surface area contributed by atoms with Crippen molar-refractivity contribution in [3.05, 3.63) is 34.6 Å². The van der Waals surface area contributed by atoms with Crippen molar-refractivity contribution < 1.29 is 14.3 Å². The van der Waals surface area contributed by atoms with Crippen LogP contribution in [0.25, 0.3) is 5.13 Å². The molecule has 1 atom stereocenters. The minimum atomic E-state index is -0.422. The summed E-state index contributed by atoms with van der Waals surface area (Å²) in [7, 11) is 0. The molecule has 0 spiro atoms. The third-order valence-electron chi connectivity index (χ3n) is 4.58. The lowest BCUT2D eigenvalue weighted by atomic mass is 10.0. The van der Waals surface area contributed by atoms with E-state index in [9.17, 15) is 9.59 Å². The van der Waals surface area contributed by atoms with Gasteiger partial charge in [0.2, 0.25) is 0 Å². The third kappa shape index (κ3) is 3.75. The SMILES string of the molecule is CCOC(=O)NC1CCCN(C(=O)c2cc(C)n(-c3nccs3)c2C)C1. The molecular weight excluding hydrogens is 352 g/mol. The highest BCUT2D eigenvalue weighted by atomic mass is 32.1. The molecule has 2 aromatic heterocycles. The molecule has 2 amide bonds. The summed E-state index contributed by atoms with van der Waals surface area (Å²) in [6.45, 7) is 7.23. The Morgan fingerprint density at radius 3 is 2.92 bits per heavy atom. The highest BCUT2D eigenvalue weighted by Crippen LogP contribution is 2.24. The summed E-state index contributed by atoms with van der Waals surface area (Å²) in [5, 5.41) is 5.62. The van der Waals surface area contributed by atoms with Crippen LogP contribution in [0.2, 0.25) is 0 Å². The number of ether oxygens (including phenoxy) is 1. The lowest BCUT2D eigenvalue weighted by molar-refractivity contribution is 0.0685. The van der Waals surface area contributed by atoms with E-state index in [1.165, 1.54) is 0 Å². The Kier molecular flexibility index (Phi) is 5.61. The summed E-state index contributed by atoms with van der Waals surface area (Å²) in [6.07, 6.45) is 3.04. The predicted molar refractivity (Wildman–Crippen MR) is 100.0 cm³/mol. The van der Waals surface area contributed by atoms with E-state index in [2.05, 4.69) is 10.3 Å². The number of likely N-dealkylation sites (tertiary alicyclic amines) is 1.